The largest absolute Gasteiger partial charge is 0.337 e. The summed E-state index contributed by atoms with van der Waals surface area (Å²) in [4.78, 5) is 4.32. The van der Waals surface area contributed by atoms with Gasteiger partial charge >= 0.3 is 0 Å². The van der Waals surface area contributed by atoms with Crippen molar-refractivity contribution in [1.82, 2.24) is 14.9 Å². The van der Waals surface area contributed by atoms with Gasteiger partial charge in [0.15, 0.2) is 0 Å². The molecule has 1 aliphatic carbocycles. The quantitative estimate of drug-likeness (QED) is 0.846. The van der Waals surface area contributed by atoms with Crippen molar-refractivity contribution in [3.8, 4) is 0 Å². The number of aromatic nitrogens is 2. The molecule has 3 heteroatoms. The highest BCUT2D eigenvalue weighted by Crippen LogP contribution is 2.34. The van der Waals surface area contributed by atoms with E-state index in [2.05, 4.69) is 21.8 Å². The highest BCUT2D eigenvalue weighted by atomic mass is 15.1. The van der Waals surface area contributed by atoms with Crippen LogP contribution in [-0.2, 0) is 13.6 Å². The third kappa shape index (κ3) is 2.85. The number of hydrogen-bond donors (Lipinski definition) is 1. The Morgan fingerprint density at radius 1 is 1.38 bits per heavy atom. The SMILES string of the molecule is Cn1ccnc1CNCC1(C)CCCCC1. The van der Waals surface area contributed by atoms with E-state index in [9.17, 15) is 0 Å². The summed E-state index contributed by atoms with van der Waals surface area (Å²) in [5, 5.41) is 3.56. The van der Waals surface area contributed by atoms with E-state index in [-0.39, 0.29) is 0 Å². The van der Waals surface area contributed by atoms with Gasteiger partial charge in [0.1, 0.15) is 5.82 Å². The van der Waals surface area contributed by atoms with Crippen molar-refractivity contribution in [2.75, 3.05) is 6.54 Å². The number of nitrogens with one attached hydrogen (secondary N) is 1. The Morgan fingerprint density at radius 2 is 2.12 bits per heavy atom. The first-order valence-electron chi connectivity index (χ1n) is 6.37. The van der Waals surface area contributed by atoms with Gasteiger partial charge in [0.05, 0.1) is 6.54 Å². The average molecular weight is 221 g/mol. The Morgan fingerprint density at radius 3 is 2.75 bits per heavy atom. The van der Waals surface area contributed by atoms with Crippen LogP contribution in [0.2, 0.25) is 0 Å². The van der Waals surface area contributed by atoms with Crippen LogP contribution in [-0.4, -0.2) is 16.1 Å². The number of imidazole rings is 1. The normalized spacial score (nSPS) is 19.9. The van der Waals surface area contributed by atoms with E-state index in [1.165, 1.54) is 32.1 Å². The van der Waals surface area contributed by atoms with Crippen molar-refractivity contribution in [3.05, 3.63) is 18.2 Å². The zero-order valence-electron chi connectivity index (χ0n) is 10.5. The van der Waals surface area contributed by atoms with Gasteiger partial charge in [-0.25, -0.2) is 4.98 Å². The van der Waals surface area contributed by atoms with E-state index in [4.69, 9.17) is 0 Å². The average Bonchev–Trinajstić information content (AvgIpc) is 2.65. The maximum atomic E-state index is 4.32. The van der Waals surface area contributed by atoms with E-state index in [1.54, 1.807) is 0 Å². The van der Waals surface area contributed by atoms with Gasteiger partial charge in [-0.2, -0.15) is 0 Å². The maximum Gasteiger partial charge on any atom is 0.122 e. The summed E-state index contributed by atoms with van der Waals surface area (Å²) in [6.45, 7) is 4.43. The highest BCUT2D eigenvalue weighted by Gasteiger charge is 2.26. The molecule has 0 radical (unpaired) electrons. The lowest BCUT2D eigenvalue weighted by atomic mass is 9.76. The van der Waals surface area contributed by atoms with Gasteiger partial charge in [0, 0.05) is 26.0 Å². The van der Waals surface area contributed by atoms with Crippen LogP contribution in [0.1, 0.15) is 44.9 Å². The van der Waals surface area contributed by atoms with Crippen LogP contribution in [0.5, 0.6) is 0 Å². The molecule has 0 saturated heterocycles. The molecule has 1 saturated carbocycles. The van der Waals surface area contributed by atoms with E-state index in [0.29, 0.717) is 5.41 Å². The molecule has 1 heterocycles. The summed E-state index contributed by atoms with van der Waals surface area (Å²) in [5.74, 6) is 1.12. The summed E-state index contributed by atoms with van der Waals surface area (Å²) >= 11 is 0. The second-order valence-electron chi connectivity index (χ2n) is 5.43. The van der Waals surface area contributed by atoms with E-state index < -0.39 is 0 Å². The lowest BCUT2D eigenvalue weighted by Gasteiger charge is -2.33. The van der Waals surface area contributed by atoms with Gasteiger partial charge in [-0.15, -0.1) is 0 Å². The molecule has 1 aromatic heterocycles. The summed E-state index contributed by atoms with van der Waals surface area (Å²) in [6, 6.07) is 0. The first-order chi connectivity index (χ1) is 7.70. The van der Waals surface area contributed by atoms with Crippen LogP contribution in [0.25, 0.3) is 0 Å². The van der Waals surface area contributed by atoms with Crippen LogP contribution in [0, 0.1) is 5.41 Å². The minimum Gasteiger partial charge on any atom is -0.337 e. The topological polar surface area (TPSA) is 29.9 Å². The fraction of sp³-hybridized carbons (Fsp3) is 0.769. The van der Waals surface area contributed by atoms with Crippen molar-refractivity contribution in [2.45, 2.75) is 45.6 Å². The summed E-state index contributed by atoms with van der Waals surface area (Å²) < 4.78 is 2.08. The molecule has 16 heavy (non-hydrogen) atoms. The van der Waals surface area contributed by atoms with Gasteiger partial charge in [-0.05, 0) is 18.3 Å². The molecule has 2 rings (SSSR count). The van der Waals surface area contributed by atoms with Crippen molar-refractivity contribution < 1.29 is 0 Å². The molecule has 0 unspecified atom stereocenters. The molecule has 0 bridgehead atoms. The van der Waals surface area contributed by atoms with Crippen LogP contribution >= 0.6 is 0 Å². The number of rotatable bonds is 4. The lowest BCUT2D eigenvalue weighted by molar-refractivity contribution is 0.207. The first-order valence-corrected chi connectivity index (χ1v) is 6.37. The fourth-order valence-corrected chi connectivity index (χ4v) is 2.63. The monoisotopic (exact) mass is 221 g/mol. The van der Waals surface area contributed by atoms with Crippen molar-refractivity contribution in [1.29, 1.82) is 0 Å². The third-order valence-electron chi connectivity index (χ3n) is 3.82. The van der Waals surface area contributed by atoms with Crippen LogP contribution in [0.4, 0.5) is 0 Å². The van der Waals surface area contributed by atoms with E-state index in [1.807, 2.05) is 19.4 Å². The van der Waals surface area contributed by atoms with Gasteiger partial charge in [-0.3, -0.25) is 0 Å². The summed E-state index contributed by atoms with van der Waals surface area (Å²) in [7, 11) is 2.05. The predicted octanol–water partition coefficient (Wildman–Crippen LogP) is 2.48. The van der Waals surface area contributed by atoms with Gasteiger partial charge in [-0.1, -0.05) is 26.2 Å². The second-order valence-corrected chi connectivity index (χ2v) is 5.43. The van der Waals surface area contributed by atoms with Crippen molar-refractivity contribution in [2.24, 2.45) is 12.5 Å². The zero-order chi connectivity index (χ0) is 11.4. The number of nitrogens with zero attached hydrogens (tertiary/aromatic N) is 2. The van der Waals surface area contributed by atoms with Crippen molar-refractivity contribution in [3.63, 3.8) is 0 Å². The Balaban J connectivity index is 1.77. The first kappa shape index (κ1) is 11.6. The molecule has 0 spiro atoms. The summed E-state index contributed by atoms with van der Waals surface area (Å²) in [6.07, 6.45) is 10.8. The van der Waals surface area contributed by atoms with Gasteiger partial charge in [0.25, 0.3) is 0 Å². The minimum absolute atomic E-state index is 0.517. The molecule has 0 atom stereocenters. The van der Waals surface area contributed by atoms with Gasteiger partial charge in [0.2, 0.25) is 0 Å². The van der Waals surface area contributed by atoms with Crippen LogP contribution in [0.15, 0.2) is 12.4 Å². The standard InChI is InChI=1S/C13H23N3/c1-13(6-4-3-5-7-13)11-14-10-12-15-8-9-16(12)2/h8-9,14H,3-7,10-11H2,1-2H3. The maximum absolute atomic E-state index is 4.32. The molecule has 1 fully saturated rings. The van der Waals surface area contributed by atoms with Crippen LogP contribution < -0.4 is 5.32 Å². The molecule has 1 aromatic rings. The Kier molecular flexibility index (Phi) is 3.64. The zero-order valence-corrected chi connectivity index (χ0v) is 10.5. The van der Waals surface area contributed by atoms with Crippen molar-refractivity contribution >= 4 is 0 Å². The van der Waals surface area contributed by atoms with Crippen LogP contribution in [0.3, 0.4) is 0 Å². The molecule has 0 aliphatic heterocycles. The Bertz CT molecular complexity index is 324. The smallest absolute Gasteiger partial charge is 0.122 e. The second kappa shape index (κ2) is 5.00. The molecule has 90 valence electrons. The number of hydrogen-bond acceptors (Lipinski definition) is 2. The number of aryl methyl sites for hydroxylation is 1. The third-order valence-corrected chi connectivity index (χ3v) is 3.82. The summed E-state index contributed by atoms with van der Waals surface area (Å²) in [5.41, 5.74) is 0.517. The molecule has 0 amide bonds. The van der Waals surface area contributed by atoms with E-state index >= 15 is 0 Å². The molecular weight excluding hydrogens is 198 g/mol. The Hall–Kier alpha value is -0.830. The highest BCUT2D eigenvalue weighted by molar-refractivity contribution is 4.91. The van der Waals surface area contributed by atoms with Gasteiger partial charge < -0.3 is 9.88 Å². The molecule has 0 aromatic carbocycles. The Labute approximate surface area is 98.3 Å². The van der Waals surface area contributed by atoms with E-state index in [0.717, 1.165) is 18.9 Å². The predicted molar refractivity (Wildman–Crippen MR) is 66.1 cm³/mol. The molecule has 1 N–H and O–H groups in total. The molecule has 1 aliphatic rings. The molecular formula is C13H23N3. The minimum atomic E-state index is 0.517. The molecule has 3 nitrogen and oxygen atoms in total. The lowest BCUT2D eigenvalue weighted by Crippen LogP contribution is -2.33. The fourth-order valence-electron chi connectivity index (χ4n) is 2.63.